The van der Waals surface area contributed by atoms with Crippen molar-refractivity contribution < 1.29 is 14.3 Å². The van der Waals surface area contributed by atoms with Crippen LogP contribution in [0.15, 0.2) is 48.5 Å². The summed E-state index contributed by atoms with van der Waals surface area (Å²) < 4.78 is 5.64. The van der Waals surface area contributed by atoms with Crippen molar-refractivity contribution in [2.24, 2.45) is 0 Å². The van der Waals surface area contributed by atoms with Gasteiger partial charge in [-0.15, -0.1) is 0 Å². The van der Waals surface area contributed by atoms with Crippen LogP contribution in [0.4, 0.5) is 0 Å². The van der Waals surface area contributed by atoms with Gasteiger partial charge in [0.15, 0.2) is 0 Å². The maximum Gasteiger partial charge on any atom is 0.253 e. The average molecular weight is 364 g/mol. The second-order valence-corrected chi connectivity index (χ2v) is 7.08. The fourth-order valence-electron chi connectivity index (χ4n) is 3.76. The number of amides is 2. The van der Waals surface area contributed by atoms with Crippen molar-refractivity contribution in [3.8, 4) is 5.75 Å². The summed E-state index contributed by atoms with van der Waals surface area (Å²) in [6.45, 7) is 3.22. The minimum Gasteiger partial charge on any atom is -0.493 e. The Labute approximate surface area is 159 Å². The van der Waals surface area contributed by atoms with Gasteiger partial charge in [-0.25, -0.2) is 0 Å². The third-order valence-corrected chi connectivity index (χ3v) is 5.25. The molecule has 0 N–H and O–H groups in total. The molecule has 27 heavy (non-hydrogen) atoms. The Morgan fingerprint density at radius 3 is 2.22 bits per heavy atom. The number of hydrogen-bond donors (Lipinski definition) is 0. The van der Waals surface area contributed by atoms with Gasteiger partial charge in [0.25, 0.3) is 11.8 Å². The van der Waals surface area contributed by atoms with Gasteiger partial charge in [0.05, 0.1) is 6.61 Å². The number of carbonyl (C=O) groups excluding carboxylic acids is 2. The first kappa shape index (κ1) is 17.6. The summed E-state index contributed by atoms with van der Waals surface area (Å²) in [5, 5.41) is 0. The number of carbonyl (C=O) groups is 2. The molecule has 0 spiro atoms. The fraction of sp³-hybridized carbons (Fsp3) is 0.364. The molecule has 0 atom stereocenters. The van der Waals surface area contributed by atoms with E-state index in [1.165, 1.54) is 0 Å². The lowest BCUT2D eigenvalue weighted by atomic mass is 10.0. The van der Waals surface area contributed by atoms with Crippen LogP contribution in [-0.4, -0.2) is 54.4 Å². The van der Waals surface area contributed by atoms with Gasteiger partial charge in [0.2, 0.25) is 0 Å². The lowest BCUT2D eigenvalue weighted by Crippen LogP contribution is -2.37. The lowest BCUT2D eigenvalue weighted by Gasteiger charge is -2.23. The molecule has 1 fully saturated rings. The topological polar surface area (TPSA) is 49.9 Å². The number of ether oxygens (including phenoxy) is 1. The molecule has 2 aliphatic heterocycles. The Morgan fingerprint density at radius 2 is 1.48 bits per heavy atom. The average Bonchev–Trinajstić information content (AvgIpc) is 2.99. The highest BCUT2D eigenvalue weighted by molar-refractivity contribution is 5.95. The quantitative estimate of drug-likeness (QED) is 0.823. The summed E-state index contributed by atoms with van der Waals surface area (Å²) in [6.07, 6.45) is 2.74. The van der Waals surface area contributed by atoms with Gasteiger partial charge in [-0.2, -0.15) is 0 Å². The Hall–Kier alpha value is -2.82. The molecule has 0 aromatic heterocycles. The van der Waals surface area contributed by atoms with E-state index in [1.54, 1.807) is 0 Å². The van der Waals surface area contributed by atoms with Gasteiger partial charge >= 0.3 is 0 Å². The monoisotopic (exact) mass is 364 g/mol. The van der Waals surface area contributed by atoms with E-state index in [1.807, 2.05) is 58.3 Å². The molecule has 0 saturated carbocycles. The van der Waals surface area contributed by atoms with Crippen molar-refractivity contribution in [1.82, 2.24) is 9.80 Å². The molecule has 5 nitrogen and oxygen atoms in total. The molecule has 0 bridgehead atoms. The van der Waals surface area contributed by atoms with Crippen molar-refractivity contribution in [3.63, 3.8) is 0 Å². The molecular formula is C22H24N2O3. The molecule has 2 aliphatic rings. The van der Waals surface area contributed by atoms with Gasteiger partial charge in [0.1, 0.15) is 5.75 Å². The molecule has 140 valence electrons. The molecule has 2 aromatic rings. The van der Waals surface area contributed by atoms with Crippen molar-refractivity contribution in [2.75, 3.05) is 32.8 Å². The van der Waals surface area contributed by atoms with Crippen LogP contribution in [0.3, 0.4) is 0 Å². The van der Waals surface area contributed by atoms with E-state index in [0.29, 0.717) is 37.3 Å². The Bertz CT molecular complexity index is 835. The van der Waals surface area contributed by atoms with E-state index >= 15 is 0 Å². The van der Waals surface area contributed by atoms with Crippen LogP contribution in [-0.2, 0) is 6.42 Å². The molecule has 5 heteroatoms. The number of benzene rings is 2. The zero-order valence-electron chi connectivity index (χ0n) is 15.4. The normalized spacial score (nSPS) is 16.9. The second kappa shape index (κ2) is 7.82. The Balaban J connectivity index is 1.43. The number of nitrogens with zero attached hydrogens (tertiary/aromatic N) is 2. The van der Waals surface area contributed by atoms with Crippen molar-refractivity contribution in [1.29, 1.82) is 0 Å². The minimum atomic E-state index is 0.0378. The molecule has 4 rings (SSSR count). The summed E-state index contributed by atoms with van der Waals surface area (Å²) in [4.78, 5) is 29.3. The summed E-state index contributed by atoms with van der Waals surface area (Å²) in [7, 11) is 0. The van der Waals surface area contributed by atoms with E-state index in [9.17, 15) is 9.59 Å². The fourth-order valence-corrected chi connectivity index (χ4v) is 3.76. The standard InChI is InChI=1S/C22H24N2O3/c25-21(17-6-2-1-3-7-17)23-11-5-12-24(14-13-23)22(26)19-9-10-20-18(16-19)8-4-15-27-20/h1-3,6-7,9-10,16H,4-5,8,11-15H2. The SMILES string of the molecule is O=C(c1ccccc1)N1CCCN(C(=O)c2ccc3c(c2)CCCO3)CC1. The maximum absolute atomic E-state index is 13.0. The Kier molecular flexibility index (Phi) is 5.10. The predicted octanol–water partition coefficient (Wildman–Crippen LogP) is 3.00. The van der Waals surface area contributed by atoms with E-state index < -0.39 is 0 Å². The zero-order chi connectivity index (χ0) is 18.6. The molecule has 2 aromatic carbocycles. The van der Waals surface area contributed by atoms with Crippen LogP contribution in [0.5, 0.6) is 5.75 Å². The number of hydrogen-bond acceptors (Lipinski definition) is 3. The van der Waals surface area contributed by atoms with Crippen molar-refractivity contribution in [2.45, 2.75) is 19.3 Å². The van der Waals surface area contributed by atoms with Gasteiger partial charge in [-0.3, -0.25) is 9.59 Å². The van der Waals surface area contributed by atoms with Gasteiger partial charge < -0.3 is 14.5 Å². The van der Waals surface area contributed by atoms with Crippen LogP contribution in [0, 0.1) is 0 Å². The van der Waals surface area contributed by atoms with E-state index in [-0.39, 0.29) is 11.8 Å². The highest BCUT2D eigenvalue weighted by Gasteiger charge is 2.24. The van der Waals surface area contributed by atoms with Crippen molar-refractivity contribution >= 4 is 11.8 Å². The van der Waals surface area contributed by atoms with Crippen LogP contribution >= 0.6 is 0 Å². The highest BCUT2D eigenvalue weighted by atomic mass is 16.5. The Morgan fingerprint density at radius 1 is 0.778 bits per heavy atom. The van der Waals surface area contributed by atoms with Crippen LogP contribution < -0.4 is 4.74 Å². The molecule has 0 aliphatic carbocycles. The second-order valence-electron chi connectivity index (χ2n) is 7.08. The smallest absolute Gasteiger partial charge is 0.253 e. The van der Waals surface area contributed by atoms with Crippen LogP contribution in [0.1, 0.15) is 39.1 Å². The minimum absolute atomic E-state index is 0.0378. The third kappa shape index (κ3) is 3.82. The third-order valence-electron chi connectivity index (χ3n) is 5.25. The summed E-state index contributed by atoms with van der Waals surface area (Å²) >= 11 is 0. The van der Waals surface area contributed by atoms with Crippen molar-refractivity contribution in [3.05, 3.63) is 65.2 Å². The van der Waals surface area contributed by atoms with E-state index in [4.69, 9.17) is 4.74 Å². The zero-order valence-corrected chi connectivity index (χ0v) is 15.4. The highest BCUT2D eigenvalue weighted by Crippen LogP contribution is 2.26. The summed E-state index contributed by atoms with van der Waals surface area (Å²) in [5.74, 6) is 0.974. The van der Waals surface area contributed by atoms with Gasteiger partial charge in [-0.05, 0) is 55.2 Å². The summed E-state index contributed by atoms with van der Waals surface area (Å²) in [5.41, 5.74) is 2.52. The predicted molar refractivity (Wildman–Crippen MR) is 103 cm³/mol. The number of fused-ring (bicyclic) bond motifs is 1. The molecular weight excluding hydrogens is 340 g/mol. The molecule has 2 heterocycles. The molecule has 2 amide bonds. The molecule has 1 saturated heterocycles. The molecule has 0 radical (unpaired) electrons. The lowest BCUT2D eigenvalue weighted by molar-refractivity contribution is 0.0718. The molecule has 0 unspecified atom stereocenters. The first-order valence-electron chi connectivity index (χ1n) is 9.62. The first-order chi connectivity index (χ1) is 13.2. The first-order valence-corrected chi connectivity index (χ1v) is 9.62. The maximum atomic E-state index is 13.0. The van der Waals surface area contributed by atoms with Gasteiger partial charge in [-0.1, -0.05) is 18.2 Å². The largest absolute Gasteiger partial charge is 0.493 e. The van der Waals surface area contributed by atoms with E-state index in [2.05, 4.69) is 0 Å². The van der Waals surface area contributed by atoms with Gasteiger partial charge in [0, 0.05) is 37.3 Å². The van der Waals surface area contributed by atoms with Crippen LogP contribution in [0.25, 0.3) is 0 Å². The number of rotatable bonds is 2. The summed E-state index contributed by atoms with van der Waals surface area (Å²) in [6, 6.07) is 15.1. The number of aryl methyl sites for hydroxylation is 1. The van der Waals surface area contributed by atoms with E-state index in [0.717, 1.165) is 37.2 Å². The van der Waals surface area contributed by atoms with Crippen LogP contribution in [0.2, 0.25) is 0 Å².